The molecule has 0 bridgehead atoms. The minimum absolute atomic E-state index is 0.166. The largest absolute Gasteiger partial charge is 0.461 e. The molecule has 0 aliphatic heterocycles. The normalized spacial score (nSPS) is 11.6. The average Bonchev–Trinajstić information content (AvgIpc) is 2.89. The van der Waals surface area contributed by atoms with Crippen molar-refractivity contribution in [3.8, 4) is 0 Å². The highest BCUT2D eigenvalue weighted by Crippen LogP contribution is 2.13. The van der Waals surface area contributed by atoms with Crippen LogP contribution in [0.3, 0.4) is 0 Å². The van der Waals surface area contributed by atoms with Gasteiger partial charge in [-0.15, -0.1) is 0 Å². The van der Waals surface area contributed by atoms with Crippen LogP contribution in [0.15, 0.2) is 30.3 Å². The standard InChI is InChI=1S/C29H48N2O5/c1-2-3-4-5-6-7-8-9-10-11-12-13-17-22-27(32)31-36-29(34)26(30)21-18-23-28(33)35-24-25-19-15-14-16-20-25/h14-16,19-20,26H,2-13,17-18,21-24,30H2,1H3,(H,31,32)/t26-/m1/s1. The van der Waals surface area contributed by atoms with Crippen LogP contribution in [0.2, 0.25) is 0 Å². The number of unbranched alkanes of at least 4 members (excludes halogenated alkanes) is 12. The molecule has 1 aromatic carbocycles. The first-order chi connectivity index (χ1) is 17.5. The van der Waals surface area contributed by atoms with Gasteiger partial charge >= 0.3 is 11.9 Å². The van der Waals surface area contributed by atoms with Gasteiger partial charge in [0.2, 0.25) is 0 Å². The Morgan fingerprint density at radius 2 is 1.33 bits per heavy atom. The number of hydroxylamine groups is 1. The molecular weight excluding hydrogens is 456 g/mol. The van der Waals surface area contributed by atoms with E-state index in [9.17, 15) is 14.4 Å². The van der Waals surface area contributed by atoms with Crippen LogP contribution in [0.5, 0.6) is 0 Å². The summed E-state index contributed by atoms with van der Waals surface area (Å²) in [5.41, 5.74) is 8.90. The molecule has 1 aromatic rings. The molecule has 0 heterocycles. The van der Waals surface area contributed by atoms with Crippen molar-refractivity contribution in [3.05, 3.63) is 35.9 Å². The maximum absolute atomic E-state index is 11.9. The number of nitrogens with two attached hydrogens (primary N) is 1. The summed E-state index contributed by atoms with van der Waals surface area (Å²) in [5.74, 6) is -1.36. The maximum atomic E-state index is 11.9. The zero-order valence-corrected chi connectivity index (χ0v) is 22.3. The lowest BCUT2D eigenvalue weighted by atomic mass is 10.0. The predicted molar refractivity (Wildman–Crippen MR) is 143 cm³/mol. The summed E-state index contributed by atoms with van der Waals surface area (Å²) in [7, 11) is 0. The van der Waals surface area contributed by atoms with Gasteiger partial charge in [0.1, 0.15) is 12.6 Å². The minimum atomic E-state index is -0.899. The molecule has 204 valence electrons. The maximum Gasteiger partial charge on any atom is 0.348 e. The van der Waals surface area contributed by atoms with E-state index in [1.54, 1.807) is 0 Å². The van der Waals surface area contributed by atoms with Crippen molar-refractivity contribution in [1.82, 2.24) is 5.48 Å². The highest BCUT2D eigenvalue weighted by atomic mass is 16.7. The molecule has 36 heavy (non-hydrogen) atoms. The lowest BCUT2D eigenvalue weighted by Gasteiger charge is -2.11. The van der Waals surface area contributed by atoms with E-state index < -0.39 is 12.0 Å². The van der Waals surface area contributed by atoms with E-state index in [1.165, 1.54) is 64.2 Å². The van der Waals surface area contributed by atoms with Crippen molar-refractivity contribution < 1.29 is 24.0 Å². The van der Waals surface area contributed by atoms with Gasteiger partial charge in [-0.1, -0.05) is 114 Å². The van der Waals surface area contributed by atoms with Gasteiger partial charge in [-0.2, -0.15) is 5.48 Å². The minimum Gasteiger partial charge on any atom is -0.461 e. The molecule has 1 amide bonds. The van der Waals surface area contributed by atoms with Gasteiger partial charge in [0.25, 0.3) is 5.91 Å². The summed E-state index contributed by atoms with van der Waals surface area (Å²) < 4.78 is 5.20. The number of rotatable bonds is 21. The first kappa shape index (κ1) is 31.6. The van der Waals surface area contributed by atoms with Gasteiger partial charge in [-0.3, -0.25) is 9.59 Å². The second-order valence-electron chi connectivity index (χ2n) is 9.58. The number of hydrogen-bond donors (Lipinski definition) is 2. The van der Waals surface area contributed by atoms with E-state index in [0.717, 1.165) is 24.8 Å². The first-order valence-corrected chi connectivity index (χ1v) is 14.0. The summed E-state index contributed by atoms with van der Waals surface area (Å²) in [6.07, 6.45) is 17.3. The number of amides is 1. The van der Waals surface area contributed by atoms with E-state index in [4.69, 9.17) is 15.3 Å². The Morgan fingerprint density at radius 1 is 0.778 bits per heavy atom. The Bertz CT molecular complexity index is 711. The van der Waals surface area contributed by atoms with Crippen molar-refractivity contribution in [2.45, 2.75) is 129 Å². The van der Waals surface area contributed by atoms with Crippen LogP contribution in [-0.4, -0.2) is 23.9 Å². The third kappa shape index (κ3) is 17.9. The molecule has 0 aliphatic carbocycles. The Balaban J connectivity index is 1.93. The van der Waals surface area contributed by atoms with E-state index in [2.05, 4.69) is 12.4 Å². The van der Waals surface area contributed by atoms with Crippen molar-refractivity contribution in [2.24, 2.45) is 5.73 Å². The quantitative estimate of drug-likeness (QED) is 0.116. The van der Waals surface area contributed by atoms with E-state index >= 15 is 0 Å². The van der Waals surface area contributed by atoms with Gasteiger partial charge in [0.05, 0.1) is 0 Å². The molecule has 0 radical (unpaired) electrons. The van der Waals surface area contributed by atoms with Crippen molar-refractivity contribution in [3.63, 3.8) is 0 Å². The molecule has 0 aliphatic rings. The number of carbonyl (C=O) groups is 3. The number of esters is 1. The molecule has 0 spiro atoms. The zero-order valence-electron chi connectivity index (χ0n) is 22.3. The first-order valence-electron chi connectivity index (χ1n) is 14.0. The van der Waals surface area contributed by atoms with Gasteiger partial charge in [-0.25, -0.2) is 4.79 Å². The van der Waals surface area contributed by atoms with Crippen molar-refractivity contribution >= 4 is 17.8 Å². The summed E-state index contributed by atoms with van der Waals surface area (Å²) in [4.78, 5) is 40.4. The second kappa shape index (κ2) is 21.8. The molecule has 0 unspecified atom stereocenters. The lowest BCUT2D eigenvalue weighted by Crippen LogP contribution is -2.37. The summed E-state index contributed by atoms with van der Waals surface area (Å²) in [6, 6.07) is 8.52. The monoisotopic (exact) mass is 504 g/mol. The highest BCUT2D eigenvalue weighted by molar-refractivity contribution is 5.80. The average molecular weight is 505 g/mol. The number of nitrogens with one attached hydrogen (secondary N) is 1. The number of ether oxygens (including phenoxy) is 1. The Kier molecular flexibility index (Phi) is 19.2. The fourth-order valence-corrected chi connectivity index (χ4v) is 3.93. The van der Waals surface area contributed by atoms with Gasteiger partial charge in [0, 0.05) is 12.8 Å². The van der Waals surface area contributed by atoms with Crippen LogP contribution in [0.25, 0.3) is 0 Å². The molecule has 0 saturated carbocycles. The Hall–Kier alpha value is -2.41. The summed E-state index contributed by atoms with van der Waals surface area (Å²) >= 11 is 0. The third-order valence-electron chi connectivity index (χ3n) is 6.21. The van der Waals surface area contributed by atoms with Crippen LogP contribution in [0.1, 0.15) is 122 Å². The second-order valence-corrected chi connectivity index (χ2v) is 9.58. The molecule has 0 saturated heterocycles. The smallest absolute Gasteiger partial charge is 0.348 e. The van der Waals surface area contributed by atoms with Gasteiger partial charge < -0.3 is 15.3 Å². The van der Waals surface area contributed by atoms with Gasteiger partial charge in [-0.05, 0) is 24.8 Å². The van der Waals surface area contributed by atoms with E-state index in [1.807, 2.05) is 30.3 Å². The predicted octanol–water partition coefficient (Wildman–Crippen LogP) is 6.28. The molecule has 0 aromatic heterocycles. The van der Waals surface area contributed by atoms with E-state index in [0.29, 0.717) is 12.8 Å². The third-order valence-corrected chi connectivity index (χ3v) is 6.21. The SMILES string of the molecule is CCCCCCCCCCCCCCCC(=O)NOC(=O)[C@H](N)CCCC(=O)OCc1ccccc1. The molecule has 7 nitrogen and oxygen atoms in total. The van der Waals surface area contributed by atoms with Crippen molar-refractivity contribution in [1.29, 1.82) is 0 Å². The molecule has 1 rings (SSSR count). The summed E-state index contributed by atoms with van der Waals surface area (Å²) in [5, 5.41) is 0. The Labute approximate surface area is 217 Å². The fraction of sp³-hybridized carbons (Fsp3) is 0.690. The Morgan fingerprint density at radius 3 is 1.92 bits per heavy atom. The lowest BCUT2D eigenvalue weighted by molar-refractivity contribution is -0.159. The highest BCUT2D eigenvalue weighted by Gasteiger charge is 2.17. The topological polar surface area (TPSA) is 108 Å². The molecule has 0 fully saturated rings. The van der Waals surface area contributed by atoms with Crippen LogP contribution < -0.4 is 11.2 Å². The molecular formula is C29H48N2O5. The molecule has 3 N–H and O–H groups in total. The van der Waals surface area contributed by atoms with Crippen LogP contribution in [0.4, 0.5) is 0 Å². The van der Waals surface area contributed by atoms with Crippen LogP contribution >= 0.6 is 0 Å². The summed E-state index contributed by atoms with van der Waals surface area (Å²) in [6.45, 7) is 2.47. The van der Waals surface area contributed by atoms with Gasteiger partial charge in [0.15, 0.2) is 0 Å². The van der Waals surface area contributed by atoms with Crippen molar-refractivity contribution in [2.75, 3.05) is 0 Å². The van der Waals surface area contributed by atoms with E-state index in [-0.39, 0.29) is 31.3 Å². The molecule has 7 heteroatoms. The molecule has 1 atom stereocenters. The fourth-order valence-electron chi connectivity index (χ4n) is 3.93. The number of benzene rings is 1. The number of carbonyl (C=O) groups excluding carboxylic acids is 3. The van der Waals surface area contributed by atoms with Crippen LogP contribution in [-0.2, 0) is 30.6 Å². The zero-order chi connectivity index (χ0) is 26.3. The van der Waals surface area contributed by atoms with Crippen LogP contribution in [0, 0.1) is 0 Å². The number of hydrogen-bond acceptors (Lipinski definition) is 6.